The molecule has 0 radical (unpaired) electrons. The molecule has 1 aliphatic carbocycles. The third-order valence-corrected chi connectivity index (χ3v) is 3.79. The molecule has 0 aromatic carbocycles. The van der Waals surface area contributed by atoms with Crippen LogP contribution in [0.15, 0.2) is 24.4 Å². The summed E-state index contributed by atoms with van der Waals surface area (Å²) in [7, 11) is 0. The van der Waals surface area contributed by atoms with Crippen LogP contribution in [0.25, 0.3) is 0 Å². The van der Waals surface area contributed by atoms with Gasteiger partial charge in [0.25, 0.3) is 0 Å². The van der Waals surface area contributed by atoms with Crippen LogP contribution < -0.4 is 5.32 Å². The molecule has 17 heavy (non-hydrogen) atoms. The molecule has 1 aromatic heterocycles. The molecule has 92 valence electrons. The highest BCUT2D eigenvalue weighted by molar-refractivity contribution is 5.13. The lowest BCUT2D eigenvalue weighted by molar-refractivity contribution is 0.0916. The van der Waals surface area contributed by atoms with E-state index in [-0.39, 0.29) is 0 Å². The van der Waals surface area contributed by atoms with Gasteiger partial charge in [0.1, 0.15) is 0 Å². The Balaban J connectivity index is 1.55. The zero-order valence-corrected chi connectivity index (χ0v) is 10.1. The highest BCUT2D eigenvalue weighted by Gasteiger charge is 2.30. The van der Waals surface area contributed by atoms with E-state index in [1.54, 1.807) is 0 Å². The minimum absolute atomic E-state index is 0.524. The third-order valence-electron chi connectivity index (χ3n) is 3.79. The van der Waals surface area contributed by atoms with Crippen LogP contribution in [0.4, 0.5) is 0 Å². The fourth-order valence-electron chi connectivity index (χ4n) is 2.52. The van der Waals surface area contributed by atoms with Gasteiger partial charge in [0.05, 0.1) is 6.61 Å². The first-order chi connectivity index (χ1) is 8.43. The Labute approximate surface area is 103 Å². The number of pyridine rings is 1. The van der Waals surface area contributed by atoms with Crippen LogP contribution >= 0.6 is 0 Å². The van der Waals surface area contributed by atoms with Crippen LogP contribution in [-0.2, 0) is 4.74 Å². The first-order valence-corrected chi connectivity index (χ1v) is 6.63. The number of hydrogen-bond donors (Lipinski definition) is 1. The summed E-state index contributed by atoms with van der Waals surface area (Å²) in [6.45, 7) is 3.94. The summed E-state index contributed by atoms with van der Waals surface area (Å²) in [6.07, 6.45) is 4.62. The first kappa shape index (κ1) is 11.2. The predicted octanol–water partition coefficient (Wildman–Crippen LogP) is 1.81. The molecule has 0 spiro atoms. The SMILES string of the molecule is c1ccc([C@H]2CNC[C@H]2COCC2CC2)nc1. The molecule has 3 nitrogen and oxygen atoms in total. The van der Waals surface area contributed by atoms with Crippen molar-refractivity contribution in [2.24, 2.45) is 11.8 Å². The number of aromatic nitrogens is 1. The average Bonchev–Trinajstić information content (AvgIpc) is 3.07. The van der Waals surface area contributed by atoms with Gasteiger partial charge in [-0.05, 0) is 30.9 Å². The minimum atomic E-state index is 0.524. The smallest absolute Gasteiger partial charge is 0.0513 e. The van der Waals surface area contributed by atoms with Gasteiger partial charge in [-0.15, -0.1) is 0 Å². The standard InChI is InChI=1S/C14H20N2O/c1-2-6-16-14(3-1)13-8-15-7-12(13)10-17-9-11-4-5-11/h1-3,6,11-13,15H,4-5,7-10H2/t12-,13-/m0/s1. The van der Waals surface area contributed by atoms with Crippen molar-refractivity contribution < 1.29 is 4.74 Å². The van der Waals surface area contributed by atoms with Crippen LogP contribution in [0.2, 0.25) is 0 Å². The summed E-state index contributed by atoms with van der Waals surface area (Å²) in [5.41, 5.74) is 1.21. The van der Waals surface area contributed by atoms with Crippen LogP contribution in [0, 0.1) is 11.8 Å². The Morgan fingerprint density at radius 3 is 2.94 bits per heavy atom. The van der Waals surface area contributed by atoms with Gasteiger partial charge < -0.3 is 10.1 Å². The summed E-state index contributed by atoms with van der Waals surface area (Å²) in [5.74, 6) is 1.97. The quantitative estimate of drug-likeness (QED) is 0.840. The van der Waals surface area contributed by atoms with Crippen molar-refractivity contribution in [2.45, 2.75) is 18.8 Å². The Morgan fingerprint density at radius 1 is 1.24 bits per heavy atom. The molecule has 2 heterocycles. The predicted molar refractivity (Wildman–Crippen MR) is 66.9 cm³/mol. The number of hydrogen-bond acceptors (Lipinski definition) is 3. The summed E-state index contributed by atoms with van der Waals surface area (Å²) < 4.78 is 5.83. The normalized spacial score (nSPS) is 28.5. The van der Waals surface area contributed by atoms with E-state index in [1.165, 1.54) is 18.5 Å². The Kier molecular flexibility index (Phi) is 3.39. The third kappa shape index (κ3) is 2.85. The fraction of sp³-hybridized carbons (Fsp3) is 0.643. The number of ether oxygens (including phenoxy) is 1. The molecule has 3 heteroatoms. The number of nitrogens with one attached hydrogen (secondary N) is 1. The minimum Gasteiger partial charge on any atom is -0.381 e. The van der Waals surface area contributed by atoms with Crippen LogP contribution in [-0.4, -0.2) is 31.3 Å². The van der Waals surface area contributed by atoms with Gasteiger partial charge in [-0.25, -0.2) is 0 Å². The maximum Gasteiger partial charge on any atom is 0.0513 e. The van der Waals surface area contributed by atoms with Gasteiger partial charge >= 0.3 is 0 Å². The van der Waals surface area contributed by atoms with Gasteiger partial charge in [0, 0.05) is 43.4 Å². The summed E-state index contributed by atoms with van der Waals surface area (Å²) in [4.78, 5) is 4.47. The van der Waals surface area contributed by atoms with E-state index in [9.17, 15) is 0 Å². The van der Waals surface area contributed by atoms with Crippen molar-refractivity contribution in [1.29, 1.82) is 0 Å². The van der Waals surface area contributed by atoms with Gasteiger partial charge in [-0.3, -0.25) is 4.98 Å². The molecular formula is C14H20N2O. The lowest BCUT2D eigenvalue weighted by atomic mass is 9.93. The van der Waals surface area contributed by atoms with E-state index in [0.717, 1.165) is 32.2 Å². The Hall–Kier alpha value is -0.930. The van der Waals surface area contributed by atoms with Gasteiger partial charge in [0.2, 0.25) is 0 Å². The molecule has 1 N–H and O–H groups in total. The monoisotopic (exact) mass is 232 g/mol. The lowest BCUT2D eigenvalue weighted by Crippen LogP contribution is -2.19. The van der Waals surface area contributed by atoms with E-state index in [2.05, 4.69) is 22.4 Å². The molecule has 1 saturated heterocycles. The van der Waals surface area contributed by atoms with Crippen molar-refractivity contribution in [1.82, 2.24) is 10.3 Å². The average molecular weight is 232 g/mol. The van der Waals surface area contributed by atoms with Crippen molar-refractivity contribution in [3.63, 3.8) is 0 Å². The fourth-order valence-corrected chi connectivity index (χ4v) is 2.52. The van der Waals surface area contributed by atoms with E-state index < -0.39 is 0 Å². The molecule has 0 amide bonds. The van der Waals surface area contributed by atoms with Crippen LogP contribution in [0.1, 0.15) is 24.5 Å². The molecule has 1 aromatic rings. The van der Waals surface area contributed by atoms with E-state index in [0.29, 0.717) is 11.8 Å². The van der Waals surface area contributed by atoms with E-state index >= 15 is 0 Å². The van der Waals surface area contributed by atoms with Crippen molar-refractivity contribution in [3.8, 4) is 0 Å². The van der Waals surface area contributed by atoms with Crippen molar-refractivity contribution in [2.75, 3.05) is 26.3 Å². The molecule has 2 aliphatic rings. The molecule has 2 atom stereocenters. The van der Waals surface area contributed by atoms with Crippen LogP contribution in [0.3, 0.4) is 0 Å². The van der Waals surface area contributed by atoms with Crippen molar-refractivity contribution >= 4 is 0 Å². The van der Waals surface area contributed by atoms with Gasteiger partial charge in [-0.1, -0.05) is 6.07 Å². The molecule has 0 unspecified atom stereocenters. The lowest BCUT2D eigenvalue weighted by Gasteiger charge is -2.17. The molecule has 1 saturated carbocycles. The topological polar surface area (TPSA) is 34.1 Å². The van der Waals surface area contributed by atoms with Gasteiger partial charge in [0.15, 0.2) is 0 Å². The van der Waals surface area contributed by atoms with Gasteiger partial charge in [-0.2, -0.15) is 0 Å². The number of rotatable bonds is 5. The molecular weight excluding hydrogens is 212 g/mol. The second kappa shape index (κ2) is 5.15. The summed E-state index contributed by atoms with van der Waals surface area (Å²) in [5, 5.41) is 3.45. The largest absolute Gasteiger partial charge is 0.381 e. The Bertz CT molecular complexity index is 350. The first-order valence-electron chi connectivity index (χ1n) is 6.63. The van der Waals surface area contributed by atoms with E-state index in [1.807, 2.05) is 12.3 Å². The van der Waals surface area contributed by atoms with E-state index in [4.69, 9.17) is 4.74 Å². The van der Waals surface area contributed by atoms with Crippen LogP contribution in [0.5, 0.6) is 0 Å². The molecule has 2 fully saturated rings. The highest BCUT2D eigenvalue weighted by atomic mass is 16.5. The maximum atomic E-state index is 5.83. The zero-order valence-electron chi connectivity index (χ0n) is 10.1. The molecule has 0 bridgehead atoms. The summed E-state index contributed by atoms with van der Waals surface area (Å²) in [6, 6.07) is 6.18. The zero-order chi connectivity index (χ0) is 11.5. The van der Waals surface area contributed by atoms with Crippen molar-refractivity contribution in [3.05, 3.63) is 30.1 Å². The Morgan fingerprint density at radius 2 is 2.18 bits per heavy atom. The second-order valence-corrected chi connectivity index (χ2v) is 5.26. The second-order valence-electron chi connectivity index (χ2n) is 5.26. The highest BCUT2D eigenvalue weighted by Crippen LogP contribution is 2.30. The molecule has 3 rings (SSSR count). The molecule has 1 aliphatic heterocycles. The summed E-state index contributed by atoms with van der Waals surface area (Å²) >= 11 is 0. The number of nitrogens with zero attached hydrogens (tertiary/aromatic N) is 1. The maximum absolute atomic E-state index is 5.83.